The van der Waals surface area contributed by atoms with Gasteiger partial charge in [0.1, 0.15) is 11.9 Å². The molecular formula is C26H27N3O3S. The molecule has 2 heterocycles. The molecule has 0 amide bonds. The van der Waals surface area contributed by atoms with Crippen LogP contribution in [0.1, 0.15) is 37.7 Å². The minimum atomic E-state index is -3.13. The summed E-state index contributed by atoms with van der Waals surface area (Å²) in [5.74, 6) is 0.779. The van der Waals surface area contributed by atoms with E-state index in [2.05, 4.69) is 35.3 Å². The number of sulfonamides is 1. The lowest BCUT2D eigenvalue weighted by Crippen LogP contribution is -2.43. The first kappa shape index (κ1) is 21.9. The largest absolute Gasteiger partial charge is 0.490 e. The van der Waals surface area contributed by atoms with Crippen molar-refractivity contribution < 1.29 is 13.2 Å². The van der Waals surface area contributed by atoms with E-state index in [4.69, 9.17) is 10.00 Å². The van der Waals surface area contributed by atoms with E-state index in [1.54, 1.807) is 10.5 Å². The number of benzene rings is 2. The molecule has 0 bridgehead atoms. The number of rotatable bonds is 7. The Balaban J connectivity index is 1.39. The van der Waals surface area contributed by atoms with Crippen LogP contribution in [0.3, 0.4) is 0 Å². The average molecular weight is 462 g/mol. The molecule has 170 valence electrons. The Morgan fingerprint density at radius 1 is 1.06 bits per heavy atom. The van der Waals surface area contributed by atoms with E-state index in [0.29, 0.717) is 32.4 Å². The standard InChI is InChI=1S/C26H27N3O3S/c27-11-2-4-19-3-1-5-20(15-19)22-16-21-8-12-28-18-25(21)26(17-22)32-23-9-13-29(14-10-23)33(30,31)24-6-7-24/h1,3,5,8,12,15-18,23-24H,2,4,6-7,9-10,13-14H2. The number of hydrogen-bond acceptors (Lipinski definition) is 5. The molecule has 0 radical (unpaired) electrons. The molecule has 0 unspecified atom stereocenters. The lowest BCUT2D eigenvalue weighted by atomic mass is 9.98. The lowest BCUT2D eigenvalue weighted by molar-refractivity contribution is 0.137. The number of piperidine rings is 1. The van der Waals surface area contributed by atoms with E-state index in [1.807, 2.05) is 24.4 Å². The Labute approximate surface area is 194 Å². The van der Waals surface area contributed by atoms with Gasteiger partial charge in [-0.2, -0.15) is 5.26 Å². The van der Waals surface area contributed by atoms with E-state index < -0.39 is 10.0 Å². The fraction of sp³-hybridized carbons (Fsp3) is 0.385. The second-order valence-corrected chi connectivity index (χ2v) is 11.1. The minimum absolute atomic E-state index is 0.0312. The molecule has 0 atom stereocenters. The summed E-state index contributed by atoms with van der Waals surface area (Å²) >= 11 is 0. The van der Waals surface area contributed by atoms with Crippen LogP contribution in [0, 0.1) is 11.3 Å². The summed E-state index contributed by atoms with van der Waals surface area (Å²) < 4.78 is 33.2. The maximum atomic E-state index is 12.5. The molecule has 0 N–H and O–H groups in total. The van der Waals surface area contributed by atoms with Crippen molar-refractivity contribution in [3.8, 4) is 22.9 Å². The molecule has 2 fully saturated rings. The van der Waals surface area contributed by atoms with Crippen LogP contribution in [0.25, 0.3) is 21.9 Å². The number of nitrogens with zero attached hydrogens (tertiary/aromatic N) is 3. The molecule has 1 aromatic heterocycles. The predicted octanol–water partition coefficient (Wildman–Crippen LogP) is 4.69. The fourth-order valence-electron chi connectivity index (χ4n) is 4.50. The fourth-order valence-corrected chi connectivity index (χ4v) is 6.37. The first-order chi connectivity index (χ1) is 16.0. The van der Waals surface area contributed by atoms with Crippen LogP contribution < -0.4 is 4.74 Å². The van der Waals surface area contributed by atoms with Gasteiger partial charge in [-0.15, -0.1) is 0 Å². The zero-order valence-electron chi connectivity index (χ0n) is 18.5. The number of fused-ring (bicyclic) bond motifs is 1. The zero-order chi connectivity index (χ0) is 22.8. The summed E-state index contributed by atoms with van der Waals surface area (Å²) in [5.41, 5.74) is 3.27. The Hall–Kier alpha value is -2.95. The Kier molecular flexibility index (Phi) is 6.05. The number of pyridine rings is 1. The molecule has 1 aliphatic heterocycles. The van der Waals surface area contributed by atoms with Gasteiger partial charge in [-0.1, -0.05) is 24.3 Å². The van der Waals surface area contributed by atoms with E-state index in [0.717, 1.165) is 52.5 Å². The van der Waals surface area contributed by atoms with Crippen molar-refractivity contribution in [2.24, 2.45) is 0 Å². The van der Waals surface area contributed by atoms with Crippen molar-refractivity contribution in [1.82, 2.24) is 9.29 Å². The van der Waals surface area contributed by atoms with Crippen molar-refractivity contribution in [2.75, 3.05) is 13.1 Å². The Morgan fingerprint density at radius 2 is 1.88 bits per heavy atom. The SMILES string of the molecule is N#CCCc1cccc(-c2cc(OC3CCN(S(=O)(=O)C4CC4)CC3)c3cnccc3c2)c1. The highest BCUT2D eigenvalue weighted by Gasteiger charge is 2.41. The number of aromatic nitrogens is 1. The van der Waals surface area contributed by atoms with Crippen molar-refractivity contribution in [3.63, 3.8) is 0 Å². The van der Waals surface area contributed by atoms with Gasteiger partial charge in [-0.3, -0.25) is 4.98 Å². The van der Waals surface area contributed by atoms with Gasteiger partial charge in [0.05, 0.1) is 11.3 Å². The quantitative estimate of drug-likeness (QED) is 0.510. The van der Waals surface area contributed by atoms with E-state index in [1.165, 1.54) is 0 Å². The van der Waals surface area contributed by atoms with Crippen LogP contribution in [0.5, 0.6) is 5.75 Å². The van der Waals surface area contributed by atoms with Crippen LogP contribution in [0.4, 0.5) is 0 Å². The Bertz CT molecular complexity index is 1300. The van der Waals surface area contributed by atoms with Gasteiger partial charge in [0.25, 0.3) is 0 Å². The molecule has 1 saturated heterocycles. The molecule has 0 spiro atoms. The van der Waals surface area contributed by atoms with Gasteiger partial charge in [-0.25, -0.2) is 12.7 Å². The van der Waals surface area contributed by atoms with Crippen LogP contribution in [-0.2, 0) is 16.4 Å². The van der Waals surface area contributed by atoms with Gasteiger partial charge in [-0.05, 0) is 72.4 Å². The van der Waals surface area contributed by atoms with E-state index >= 15 is 0 Å². The topological polar surface area (TPSA) is 83.3 Å². The van der Waals surface area contributed by atoms with Crippen LogP contribution in [-0.4, -0.2) is 42.2 Å². The van der Waals surface area contributed by atoms with Crippen LogP contribution in [0.15, 0.2) is 54.9 Å². The first-order valence-corrected chi connectivity index (χ1v) is 13.0. The normalized spacial score (nSPS) is 17.7. The summed E-state index contributed by atoms with van der Waals surface area (Å²) in [6.07, 6.45) is 7.75. The Morgan fingerprint density at radius 3 is 2.64 bits per heavy atom. The highest BCUT2D eigenvalue weighted by Crippen LogP contribution is 2.36. The molecule has 6 nitrogen and oxygen atoms in total. The maximum absolute atomic E-state index is 12.5. The monoisotopic (exact) mass is 461 g/mol. The minimum Gasteiger partial charge on any atom is -0.490 e. The molecule has 2 aromatic carbocycles. The van der Waals surface area contributed by atoms with Crippen molar-refractivity contribution >= 4 is 20.8 Å². The second-order valence-electron chi connectivity index (χ2n) is 8.89. The summed E-state index contributed by atoms with van der Waals surface area (Å²) in [7, 11) is -3.13. The molecule has 1 aliphatic carbocycles. The summed E-state index contributed by atoms with van der Waals surface area (Å²) in [4.78, 5) is 4.29. The van der Waals surface area contributed by atoms with Crippen LogP contribution >= 0.6 is 0 Å². The summed E-state index contributed by atoms with van der Waals surface area (Å²) in [5, 5.41) is 10.7. The number of aryl methyl sites for hydroxylation is 1. The van der Waals surface area contributed by atoms with Crippen molar-refractivity contribution in [2.45, 2.75) is 49.9 Å². The number of nitriles is 1. The van der Waals surface area contributed by atoms with Crippen molar-refractivity contribution in [3.05, 3.63) is 60.4 Å². The van der Waals surface area contributed by atoms with E-state index in [9.17, 15) is 8.42 Å². The van der Waals surface area contributed by atoms with Crippen LogP contribution in [0.2, 0.25) is 0 Å². The third kappa shape index (κ3) is 4.73. The highest BCUT2D eigenvalue weighted by molar-refractivity contribution is 7.90. The second kappa shape index (κ2) is 9.12. The van der Waals surface area contributed by atoms with Gasteiger partial charge in [0, 0.05) is 37.3 Å². The predicted molar refractivity (Wildman–Crippen MR) is 128 cm³/mol. The van der Waals surface area contributed by atoms with E-state index in [-0.39, 0.29) is 11.4 Å². The molecule has 1 saturated carbocycles. The highest BCUT2D eigenvalue weighted by atomic mass is 32.2. The molecule has 5 rings (SSSR count). The molecule has 7 heteroatoms. The van der Waals surface area contributed by atoms with Gasteiger partial charge in [0.15, 0.2) is 0 Å². The molecule has 3 aromatic rings. The zero-order valence-corrected chi connectivity index (χ0v) is 19.3. The molecule has 2 aliphatic rings. The van der Waals surface area contributed by atoms with Gasteiger partial charge in [0.2, 0.25) is 10.0 Å². The maximum Gasteiger partial charge on any atom is 0.216 e. The lowest BCUT2D eigenvalue weighted by Gasteiger charge is -2.31. The molecule has 33 heavy (non-hydrogen) atoms. The number of ether oxygens (including phenoxy) is 1. The molecular weight excluding hydrogens is 434 g/mol. The van der Waals surface area contributed by atoms with Crippen molar-refractivity contribution in [1.29, 1.82) is 5.26 Å². The summed E-state index contributed by atoms with van der Waals surface area (Å²) in [6.45, 7) is 1.03. The van der Waals surface area contributed by atoms with Gasteiger partial charge >= 0.3 is 0 Å². The van der Waals surface area contributed by atoms with Gasteiger partial charge < -0.3 is 4.74 Å². The average Bonchev–Trinajstić information content (AvgIpc) is 3.70. The third-order valence-corrected chi connectivity index (χ3v) is 8.90. The number of hydrogen-bond donors (Lipinski definition) is 0. The first-order valence-electron chi connectivity index (χ1n) is 11.5. The summed E-state index contributed by atoms with van der Waals surface area (Å²) in [6, 6.07) is 16.7. The smallest absolute Gasteiger partial charge is 0.216 e. The third-order valence-electron chi connectivity index (χ3n) is 6.50.